The first-order chi connectivity index (χ1) is 12.0. The van der Waals surface area contributed by atoms with Gasteiger partial charge in [0, 0.05) is 12.3 Å². The predicted octanol–water partition coefficient (Wildman–Crippen LogP) is 4.14. The summed E-state index contributed by atoms with van der Waals surface area (Å²) in [6.07, 6.45) is 6.29. The maximum absolute atomic E-state index is 12.6. The second-order valence-corrected chi connectivity index (χ2v) is 6.59. The van der Waals surface area contributed by atoms with E-state index in [1.165, 1.54) is 7.11 Å². The van der Waals surface area contributed by atoms with Crippen molar-refractivity contribution in [2.45, 2.75) is 33.1 Å². The molecular formula is C21H28O4. The summed E-state index contributed by atoms with van der Waals surface area (Å²) in [5.41, 5.74) is 1.05. The largest absolute Gasteiger partial charge is 0.497 e. The lowest BCUT2D eigenvalue weighted by Crippen LogP contribution is -2.32. The number of carbonyl (C=O) groups is 2. The van der Waals surface area contributed by atoms with Crippen LogP contribution in [0, 0.1) is 23.7 Å². The van der Waals surface area contributed by atoms with Crippen molar-refractivity contribution in [1.29, 1.82) is 0 Å². The number of Topliss-reactive ketones (excluding diaryl/α,β-unsaturated/α-hetero) is 1. The highest BCUT2D eigenvalue weighted by atomic mass is 16.5. The summed E-state index contributed by atoms with van der Waals surface area (Å²) in [7, 11) is 3.05. The highest BCUT2D eigenvalue weighted by Gasteiger charge is 2.48. The Kier molecular flexibility index (Phi) is 6.80. The van der Waals surface area contributed by atoms with E-state index in [2.05, 4.69) is 13.0 Å². The van der Waals surface area contributed by atoms with Gasteiger partial charge in [-0.05, 0) is 36.0 Å². The molecule has 0 heterocycles. The molecule has 0 amide bonds. The van der Waals surface area contributed by atoms with Gasteiger partial charge >= 0.3 is 5.97 Å². The van der Waals surface area contributed by atoms with Crippen LogP contribution in [0.5, 0.6) is 5.75 Å². The number of ether oxygens (including phenoxy) is 2. The third-order valence-electron chi connectivity index (χ3n) is 5.30. The molecule has 4 heteroatoms. The fraction of sp³-hybridized carbons (Fsp3) is 0.524. The van der Waals surface area contributed by atoms with Crippen molar-refractivity contribution in [2.75, 3.05) is 14.2 Å². The summed E-state index contributed by atoms with van der Waals surface area (Å²) < 4.78 is 10.2. The number of esters is 1. The van der Waals surface area contributed by atoms with Crippen LogP contribution in [0.15, 0.2) is 30.3 Å². The average Bonchev–Trinajstić information content (AvgIpc) is 3.04. The van der Waals surface area contributed by atoms with Gasteiger partial charge in [-0.2, -0.15) is 0 Å². The molecule has 1 saturated carbocycles. The molecule has 1 aliphatic carbocycles. The van der Waals surface area contributed by atoms with Crippen LogP contribution in [0.4, 0.5) is 0 Å². The van der Waals surface area contributed by atoms with Crippen LogP contribution in [0.1, 0.15) is 38.7 Å². The van der Waals surface area contributed by atoms with Crippen molar-refractivity contribution in [1.82, 2.24) is 0 Å². The van der Waals surface area contributed by atoms with E-state index in [0.29, 0.717) is 6.42 Å². The average molecular weight is 344 g/mol. The van der Waals surface area contributed by atoms with Crippen LogP contribution < -0.4 is 4.74 Å². The Morgan fingerprint density at radius 1 is 1.12 bits per heavy atom. The summed E-state index contributed by atoms with van der Waals surface area (Å²) in [5, 5.41) is 0. The van der Waals surface area contributed by atoms with Crippen molar-refractivity contribution in [2.24, 2.45) is 23.7 Å². The fourth-order valence-electron chi connectivity index (χ4n) is 3.92. The van der Waals surface area contributed by atoms with Crippen molar-refractivity contribution >= 4 is 17.8 Å². The van der Waals surface area contributed by atoms with Crippen LogP contribution in [0.2, 0.25) is 0 Å². The van der Waals surface area contributed by atoms with Crippen molar-refractivity contribution in [3.63, 3.8) is 0 Å². The number of methoxy groups -OCH3 is 2. The van der Waals surface area contributed by atoms with E-state index in [4.69, 9.17) is 9.47 Å². The lowest BCUT2D eigenvalue weighted by Gasteiger charge is -2.22. The molecule has 0 bridgehead atoms. The number of allylic oxidation sites excluding steroid dienone is 1. The zero-order valence-electron chi connectivity index (χ0n) is 15.5. The van der Waals surface area contributed by atoms with Gasteiger partial charge < -0.3 is 9.47 Å². The van der Waals surface area contributed by atoms with E-state index >= 15 is 0 Å². The Morgan fingerprint density at radius 3 is 2.32 bits per heavy atom. The number of ketones is 1. The molecule has 2 rings (SSSR count). The normalized spacial score (nSPS) is 25.9. The Bertz CT molecular complexity index is 617. The topological polar surface area (TPSA) is 52.6 Å². The minimum absolute atomic E-state index is 0.0728. The Balaban J connectivity index is 2.25. The number of hydrogen-bond donors (Lipinski definition) is 0. The van der Waals surface area contributed by atoms with E-state index in [0.717, 1.165) is 24.2 Å². The molecule has 4 nitrogen and oxygen atoms in total. The van der Waals surface area contributed by atoms with Crippen LogP contribution in [0.25, 0.3) is 6.08 Å². The highest BCUT2D eigenvalue weighted by Crippen LogP contribution is 2.45. The number of benzene rings is 1. The van der Waals surface area contributed by atoms with Crippen molar-refractivity contribution in [3.05, 3.63) is 35.9 Å². The van der Waals surface area contributed by atoms with E-state index in [1.807, 2.05) is 37.3 Å². The quantitative estimate of drug-likeness (QED) is 0.698. The molecule has 1 aromatic carbocycles. The van der Waals surface area contributed by atoms with Gasteiger partial charge in [-0.25, -0.2) is 0 Å². The number of carbonyl (C=O) groups excluding carboxylic acids is 2. The van der Waals surface area contributed by atoms with Crippen LogP contribution in [-0.4, -0.2) is 26.0 Å². The third-order valence-corrected chi connectivity index (χ3v) is 5.30. The molecule has 0 unspecified atom stereocenters. The predicted molar refractivity (Wildman–Crippen MR) is 98.2 cm³/mol. The van der Waals surface area contributed by atoms with Gasteiger partial charge in [0.05, 0.1) is 20.1 Å². The lowest BCUT2D eigenvalue weighted by molar-refractivity contribution is -0.151. The van der Waals surface area contributed by atoms with E-state index in [-0.39, 0.29) is 35.4 Å². The summed E-state index contributed by atoms with van der Waals surface area (Å²) >= 11 is 0. The molecule has 0 spiro atoms. The minimum atomic E-state index is -0.326. The molecule has 0 aromatic heterocycles. The second-order valence-electron chi connectivity index (χ2n) is 6.59. The van der Waals surface area contributed by atoms with Gasteiger partial charge in [0.2, 0.25) is 0 Å². The molecule has 0 N–H and O–H groups in total. The van der Waals surface area contributed by atoms with Gasteiger partial charge in [-0.1, -0.05) is 44.6 Å². The number of hydrogen-bond acceptors (Lipinski definition) is 4. The zero-order valence-corrected chi connectivity index (χ0v) is 15.5. The highest BCUT2D eigenvalue weighted by molar-refractivity contribution is 5.88. The molecule has 136 valence electrons. The SMILES string of the molecule is CCC(=O)[C@H]1[C@@H](C(=O)OC)[C@@H](CC)C[C@H]1/C=C/c1ccc(OC)cc1. The lowest BCUT2D eigenvalue weighted by atomic mass is 9.82. The molecule has 4 atom stereocenters. The summed E-state index contributed by atoms with van der Waals surface area (Å²) in [6, 6.07) is 7.79. The Morgan fingerprint density at radius 2 is 1.80 bits per heavy atom. The Hall–Kier alpha value is -2.10. The molecule has 25 heavy (non-hydrogen) atoms. The maximum Gasteiger partial charge on any atom is 0.309 e. The zero-order chi connectivity index (χ0) is 18.4. The molecule has 1 aliphatic rings. The molecule has 1 fully saturated rings. The molecular weight excluding hydrogens is 316 g/mol. The van der Waals surface area contributed by atoms with E-state index in [1.54, 1.807) is 7.11 Å². The van der Waals surface area contributed by atoms with E-state index < -0.39 is 0 Å². The van der Waals surface area contributed by atoms with Gasteiger partial charge in [-0.3, -0.25) is 9.59 Å². The fourth-order valence-corrected chi connectivity index (χ4v) is 3.92. The third kappa shape index (κ3) is 4.30. The second kappa shape index (κ2) is 8.84. The van der Waals surface area contributed by atoms with Gasteiger partial charge in [0.1, 0.15) is 11.5 Å². The minimum Gasteiger partial charge on any atom is -0.497 e. The van der Waals surface area contributed by atoms with Gasteiger partial charge in [-0.15, -0.1) is 0 Å². The first kappa shape index (κ1) is 19.2. The maximum atomic E-state index is 12.6. The van der Waals surface area contributed by atoms with Crippen LogP contribution >= 0.6 is 0 Å². The van der Waals surface area contributed by atoms with Crippen LogP contribution in [-0.2, 0) is 14.3 Å². The Labute approximate surface area is 150 Å². The van der Waals surface area contributed by atoms with Crippen molar-refractivity contribution in [3.8, 4) is 5.75 Å². The smallest absolute Gasteiger partial charge is 0.309 e. The molecule has 0 saturated heterocycles. The van der Waals surface area contributed by atoms with Gasteiger partial charge in [0.15, 0.2) is 0 Å². The molecule has 0 aliphatic heterocycles. The summed E-state index contributed by atoms with van der Waals surface area (Å²) in [5.74, 6) is 0.371. The summed E-state index contributed by atoms with van der Waals surface area (Å²) in [4.78, 5) is 24.8. The van der Waals surface area contributed by atoms with Crippen LogP contribution in [0.3, 0.4) is 0 Å². The standard InChI is InChI=1S/C21H28O4/c1-5-15-13-16(10-7-14-8-11-17(24-3)12-9-14)19(18(22)6-2)20(15)21(23)25-4/h7-12,15-16,19-20H,5-6,13H2,1-4H3/b10-7+/t15-,16+,19-,20-/m0/s1. The monoisotopic (exact) mass is 344 g/mol. The first-order valence-corrected chi connectivity index (χ1v) is 8.98. The number of rotatable bonds is 7. The van der Waals surface area contributed by atoms with E-state index in [9.17, 15) is 9.59 Å². The molecule has 0 radical (unpaired) electrons. The summed E-state index contributed by atoms with van der Waals surface area (Å²) in [6.45, 7) is 3.93. The van der Waals surface area contributed by atoms with Crippen molar-refractivity contribution < 1.29 is 19.1 Å². The first-order valence-electron chi connectivity index (χ1n) is 8.98. The van der Waals surface area contributed by atoms with Gasteiger partial charge in [0.25, 0.3) is 0 Å². The molecule has 1 aromatic rings.